The molecule has 0 N–H and O–H groups in total. The Hall–Kier alpha value is -1.65. The number of rotatable bonds is 4. The van der Waals surface area contributed by atoms with Gasteiger partial charge in [0.05, 0.1) is 0 Å². The quantitative estimate of drug-likeness (QED) is 0.799. The fourth-order valence-corrected chi connectivity index (χ4v) is 5.87. The summed E-state index contributed by atoms with van der Waals surface area (Å²) >= 11 is 2.07. The number of likely N-dealkylation sites (tertiary alicyclic amines) is 1. The van der Waals surface area contributed by atoms with Crippen LogP contribution >= 0.6 is 11.8 Å². The second-order valence-corrected chi connectivity index (χ2v) is 9.45. The summed E-state index contributed by atoms with van der Waals surface area (Å²) in [6.07, 6.45) is 0. The van der Waals surface area contributed by atoms with E-state index in [0.29, 0.717) is 0 Å². The van der Waals surface area contributed by atoms with Crippen LogP contribution in [-0.4, -0.2) is 55.7 Å². The van der Waals surface area contributed by atoms with Crippen molar-refractivity contribution in [2.75, 3.05) is 60.6 Å². The fourth-order valence-electron chi connectivity index (χ4n) is 4.97. The maximum atomic E-state index is 2.65. The van der Waals surface area contributed by atoms with Crippen LogP contribution < -0.4 is 9.80 Å². The molecular weight excluding hydrogens is 350 g/mol. The van der Waals surface area contributed by atoms with Gasteiger partial charge in [-0.15, -0.1) is 0 Å². The molecule has 3 saturated heterocycles. The second-order valence-electron chi connectivity index (χ2n) is 8.22. The average molecular weight is 380 g/mol. The van der Waals surface area contributed by atoms with Crippen molar-refractivity contribution in [1.29, 1.82) is 0 Å². The summed E-state index contributed by atoms with van der Waals surface area (Å²) in [6.45, 7) is 8.42. The van der Waals surface area contributed by atoms with Crippen LogP contribution in [0, 0.1) is 11.8 Å². The third kappa shape index (κ3) is 3.83. The van der Waals surface area contributed by atoms with Crippen molar-refractivity contribution in [3.8, 4) is 0 Å². The van der Waals surface area contributed by atoms with E-state index in [1.807, 2.05) is 0 Å². The predicted molar refractivity (Wildman–Crippen MR) is 117 cm³/mol. The van der Waals surface area contributed by atoms with Gasteiger partial charge in [-0.25, -0.2) is 0 Å². The molecule has 3 aliphatic heterocycles. The van der Waals surface area contributed by atoms with Gasteiger partial charge in [-0.1, -0.05) is 30.3 Å². The van der Waals surface area contributed by atoms with E-state index in [1.165, 1.54) is 67.7 Å². The van der Waals surface area contributed by atoms with E-state index in [2.05, 4.69) is 81.1 Å². The molecule has 0 aromatic heterocycles. The standard InChI is InChI=1S/C23H29N3S/c1-2-4-19(5-3-1)14-24-15-20-17-26(18-21(20)16-24)23-8-6-22(7-9-23)25-10-12-27-13-11-25/h1-9,20-21H,10-18H2/t20-,21+. The topological polar surface area (TPSA) is 9.72 Å². The van der Waals surface area contributed by atoms with Crippen LogP contribution in [-0.2, 0) is 6.54 Å². The Bertz CT molecular complexity index is 728. The van der Waals surface area contributed by atoms with E-state index in [9.17, 15) is 0 Å². The van der Waals surface area contributed by atoms with E-state index in [1.54, 1.807) is 0 Å². The Balaban J connectivity index is 1.18. The summed E-state index contributed by atoms with van der Waals surface area (Å²) in [4.78, 5) is 7.80. The molecule has 0 aliphatic carbocycles. The van der Waals surface area contributed by atoms with Gasteiger partial charge < -0.3 is 9.80 Å². The Morgan fingerprint density at radius 2 is 1.30 bits per heavy atom. The zero-order chi connectivity index (χ0) is 18.1. The van der Waals surface area contributed by atoms with Gasteiger partial charge in [0.1, 0.15) is 0 Å². The molecule has 0 spiro atoms. The van der Waals surface area contributed by atoms with Gasteiger partial charge in [-0.05, 0) is 41.7 Å². The van der Waals surface area contributed by atoms with E-state index in [0.717, 1.165) is 18.4 Å². The van der Waals surface area contributed by atoms with Crippen LogP contribution in [0.5, 0.6) is 0 Å². The monoisotopic (exact) mass is 379 g/mol. The van der Waals surface area contributed by atoms with Crippen LogP contribution in [0.2, 0.25) is 0 Å². The number of hydrogen-bond donors (Lipinski definition) is 0. The van der Waals surface area contributed by atoms with Crippen LogP contribution in [0.3, 0.4) is 0 Å². The van der Waals surface area contributed by atoms with E-state index >= 15 is 0 Å². The molecule has 0 saturated carbocycles. The van der Waals surface area contributed by atoms with Gasteiger partial charge in [0.2, 0.25) is 0 Å². The zero-order valence-corrected chi connectivity index (χ0v) is 16.8. The Kier molecular flexibility index (Phi) is 5.02. The second kappa shape index (κ2) is 7.76. The summed E-state index contributed by atoms with van der Waals surface area (Å²) in [7, 11) is 0. The highest BCUT2D eigenvalue weighted by Crippen LogP contribution is 2.35. The highest BCUT2D eigenvalue weighted by atomic mass is 32.2. The number of nitrogens with zero attached hydrogens (tertiary/aromatic N) is 3. The molecule has 0 bridgehead atoms. The summed E-state index contributed by atoms with van der Waals surface area (Å²) in [5, 5.41) is 0. The maximum Gasteiger partial charge on any atom is 0.0368 e. The lowest BCUT2D eigenvalue weighted by molar-refractivity contribution is 0.309. The molecule has 0 unspecified atom stereocenters. The normalized spacial score (nSPS) is 25.8. The first-order valence-corrected chi connectivity index (χ1v) is 11.4. The molecule has 0 radical (unpaired) electrons. The molecule has 0 amide bonds. The fraction of sp³-hybridized carbons (Fsp3) is 0.478. The summed E-state index contributed by atoms with van der Waals surface area (Å²) in [5.41, 5.74) is 4.25. The van der Waals surface area contributed by atoms with Gasteiger partial charge in [-0.3, -0.25) is 4.90 Å². The third-order valence-electron chi connectivity index (χ3n) is 6.40. The van der Waals surface area contributed by atoms with E-state index in [-0.39, 0.29) is 0 Å². The molecule has 5 rings (SSSR count). The smallest absolute Gasteiger partial charge is 0.0368 e. The summed E-state index contributed by atoms with van der Waals surface area (Å²) in [6, 6.07) is 20.3. The SMILES string of the molecule is c1ccc(CN2C[C@@H]3CN(c4ccc(N5CCSCC5)cc4)C[C@@H]3C2)cc1. The third-order valence-corrected chi connectivity index (χ3v) is 7.34. The minimum atomic E-state index is 0.826. The number of benzene rings is 2. The predicted octanol–water partition coefficient (Wildman–Crippen LogP) is 3.81. The molecule has 27 heavy (non-hydrogen) atoms. The van der Waals surface area contributed by atoms with Crippen molar-refractivity contribution in [3.05, 3.63) is 60.2 Å². The molecular formula is C23H29N3S. The molecule has 3 aliphatic rings. The maximum absolute atomic E-state index is 2.65. The minimum Gasteiger partial charge on any atom is -0.371 e. The minimum absolute atomic E-state index is 0.826. The summed E-state index contributed by atoms with van der Waals surface area (Å²) in [5.74, 6) is 4.17. The molecule has 2 aromatic carbocycles. The van der Waals surface area contributed by atoms with Crippen molar-refractivity contribution in [2.24, 2.45) is 11.8 Å². The lowest BCUT2D eigenvalue weighted by Gasteiger charge is -2.29. The van der Waals surface area contributed by atoms with Crippen LogP contribution in [0.25, 0.3) is 0 Å². The van der Waals surface area contributed by atoms with Gasteiger partial charge >= 0.3 is 0 Å². The molecule has 3 heterocycles. The van der Waals surface area contributed by atoms with Crippen LogP contribution in [0.1, 0.15) is 5.56 Å². The first-order valence-electron chi connectivity index (χ1n) is 10.3. The molecule has 2 aromatic rings. The number of thioether (sulfide) groups is 1. The average Bonchev–Trinajstić information content (AvgIpc) is 3.28. The Labute approximate surface area is 167 Å². The highest BCUT2D eigenvalue weighted by molar-refractivity contribution is 7.99. The van der Waals surface area contributed by atoms with E-state index in [4.69, 9.17) is 0 Å². The largest absolute Gasteiger partial charge is 0.371 e. The van der Waals surface area contributed by atoms with Crippen molar-refractivity contribution < 1.29 is 0 Å². The molecule has 3 fully saturated rings. The lowest BCUT2D eigenvalue weighted by Crippen LogP contribution is -2.32. The van der Waals surface area contributed by atoms with Crippen LogP contribution in [0.4, 0.5) is 11.4 Å². The van der Waals surface area contributed by atoms with Crippen molar-refractivity contribution in [3.63, 3.8) is 0 Å². The van der Waals surface area contributed by atoms with Crippen molar-refractivity contribution in [2.45, 2.75) is 6.54 Å². The number of fused-ring (bicyclic) bond motifs is 1. The first-order chi connectivity index (χ1) is 13.3. The van der Waals surface area contributed by atoms with Gasteiger partial charge in [-0.2, -0.15) is 11.8 Å². The van der Waals surface area contributed by atoms with E-state index < -0.39 is 0 Å². The number of anilines is 2. The van der Waals surface area contributed by atoms with Crippen molar-refractivity contribution in [1.82, 2.24) is 4.90 Å². The Morgan fingerprint density at radius 1 is 0.704 bits per heavy atom. The molecule has 142 valence electrons. The lowest BCUT2D eigenvalue weighted by atomic mass is 10.0. The number of hydrogen-bond acceptors (Lipinski definition) is 4. The van der Waals surface area contributed by atoms with Gasteiger partial charge in [0.15, 0.2) is 0 Å². The highest BCUT2D eigenvalue weighted by Gasteiger charge is 2.39. The first kappa shape index (κ1) is 17.4. The molecule has 4 heteroatoms. The molecule has 3 nitrogen and oxygen atoms in total. The van der Waals surface area contributed by atoms with Gasteiger partial charge in [0.25, 0.3) is 0 Å². The van der Waals surface area contributed by atoms with Crippen molar-refractivity contribution >= 4 is 23.1 Å². The van der Waals surface area contributed by atoms with Crippen LogP contribution in [0.15, 0.2) is 54.6 Å². The Morgan fingerprint density at radius 3 is 1.93 bits per heavy atom. The molecule has 2 atom stereocenters. The zero-order valence-electron chi connectivity index (χ0n) is 16.0. The van der Waals surface area contributed by atoms with Gasteiger partial charge in [0, 0.05) is 68.7 Å². The summed E-state index contributed by atoms with van der Waals surface area (Å²) < 4.78 is 0.